The Morgan fingerprint density at radius 3 is 3.00 bits per heavy atom. The Morgan fingerprint density at radius 1 is 1.75 bits per heavy atom. The quantitative estimate of drug-likeness (QED) is 0.723. The Balaban J connectivity index is 2.56. The van der Waals surface area contributed by atoms with Crippen LogP contribution in [0.5, 0.6) is 0 Å². The van der Waals surface area contributed by atoms with Crippen LogP contribution in [0.25, 0.3) is 0 Å². The summed E-state index contributed by atoms with van der Waals surface area (Å²) in [4.78, 5) is 11.2. The van der Waals surface area contributed by atoms with E-state index in [0.29, 0.717) is 23.9 Å². The van der Waals surface area contributed by atoms with Crippen LogP contribution in [0.3, 0.4) is 0 Å². The van der Waals surface area contributed by atoms with Crippen molar-refractivity contribution < 1.29 is 0 Å². The van der Waals surface area contributed by atoms with Crippen LogP contribution < -0.4 is 11.4 Å². The van der Waals surface area contributed by atoms with Gasteiger partial charge in [-0.15, -0.1) is 5.10 Å². The summed E-state index contributed by atoms with van der Waals surface area (Å²) in [6.07, 6.45) is 0.554. The summed E-state index contributed by atoms with van der Waals surface area (Å²) in [6.45, 7) is 4.14. The molecule has 0 aromatic carbocycles. The third-order valence-electron chi connectivity index (χ3n) is 2.15. The summed E-state index contributed by atoms with van der Waals surface area (Å²) < 4.78 is 1.55. The highest BCUT2D eigenvalue weighted by Gasteiger charge is 2.17. The SMILES string of the molecule is CCn1c(SCCC(C)(N)C#N)n[nH]c1=O. The molecular formula is C9H15N5OS. The number of hydrogen-bond donors (Lipinski definition) is 2. The van der Waals surface area contributed by atoms with Crippen LogP contribution in [0.2, 0.25) is 0 Å². The lowest BCUT2D eigenvalue weighted by Gasteiger charge is -2.13. The van der Waals surface area contributed by atoms with Crippen LogP contribution in [-0.4, -0.2) is 26.1 Å². The molecule has 6 nitrogen and oxygen atoms in total. The molecule has 1 unspecified atom stereocenters. The van der Waals surface area contributed by atoms with Crippen molar-refractivity contribution in [2.45, 2.75) is 37.5 Å². The molecule has 0 aliphatic carbocycles. The molecule has 88 valence electrons. The Labute approximate surface area is 97.8 Å². The van der Waals surface area contributed by atoms with Gasteiger partial charge < -0.3 is 5.73 Å². The van der Waals surface area contributed by atoms with Crippen molar-refractivity contribution in [3.05, 3.63) is 10.5 Å². The molecule has 1 rings (SSSR count). The number of hydrogen-bond acceptors (Lipinski definition) is 5. The first kappa shape index (κ1) is 12.8. The second-order valence-electron chi connectivity index (χ2n) is 3.68. The molecule has 1 atom stereocenters. The molecule has 0 fully saturated rings. The first-order chi connectivity index (χ1) is 7.50. The van der Waals surface area contributed by atoms with Gasteiger partial charge in [-0.05, 0) is 20.3 Å². The molecule has 7 heteroatoms. The molecule has 0 saturated carbocycles. The van der Waals surface area contributed by atoms with Crippen molar-refractivity contribution in [2.24, 2.45) is 5.73 Å². The molecule has 0 amide bonds. The van der Waals surface area contributed by atoms with Crippen LogP contribution in [0.1, 0.15) is 20.3 Å². The summed E-state index contributed by atoms with van der Waals surface area (Å²) in [5.74, 6) is 0.658. The lowest BCUT2D eigenvalue weighted by Crippen LogP contribution is -2.34. The number of nitrogens with two attached hydrogens (primary N) is 1. The molecule has 1 aromatic heterocycles. The van der Waals surface area contributed by atoms with Gasteiger partial charge >= 0.3 is 5.69 Å². The Kier molecular flexibility index (Phi) is 4.15. The molecule has 3 N–H and O–H groups in total. The highest BCUT2D eigenvalue weighted by molar-refractivity contribution is 7.99. The van der Waals surface area contributed by atoms with Crippen LogP contribution in [-0.2, 0) is 6.54 Å². The number of H-pyrrole nitrogens is 1. The Bertz CT molecular complexity index is 441. The maximum Gasteiger partial charge on any atom is 0.343 e. The van der Waals surface area contributed by atoms with Crippen molar-refractivity contribution in [3.63, 3.8) is 0 Å². The van der Waals surface area contributed by atoms with Crippen LogP contribution in [0.4, 0.5) is 0 Å². The van der Waals surface area contributed by atoms with E-state index in [1.807, 2.05) is 13.0 Å². The lowest BCUT2D eigenvalue weighted by atomic mass is 10.0. The van der Waals surface area contributed by atoms with Crippen LogP contribution in [0.15, 0.2) is 9.95 Å². The minimum absolute atomic E-state index is 0.208. The van der Waals surface area contributed by atoms with E-state index in [4.69, 9.17) is 11.0 Å². The highest BCUT2D eigenvalue weighted by atomic mass is 32.2. The topological polar surface area (TPSA) is 100 Å². The monoisotopic (exact) mass is 241 g/mol. The van der Waals surface area contributed by atoms with Gasteiger partial charge in [-0.2, -0.15) is 5.26 Å². The van der Waals surface area contributed by atoms with Crippen LogP contribution >= 0.6 is 11.8 Å². The standard InChI is InChI=1S/C9H15N5OS/c1-3-14-7(15)12-13-8(14)16-5-4-9(2,11)6-10/h3-5,11H2,1-2H3,(H,12,15). The minimum atomic E-state index is -0.819. The van der Waals surface area contributed by atoms with Gasteiger partial charge in [0.25, 0.3) is 0 Å². The maximum absolute atomic E-state index is 11.2. The molecule has 1 aromatic rings. The average Bonchev–Trinajstić information content (AvgIpc) is 2.59. The second-order valence-corrected chi connectivity index (χ2v) is 4.75. The zero-order chi connectivity index (χ0) is 12.2. The zero-order valence-electron chi connectivity index (χ0n) is 9.36. The van der Waals surface area contributed by atoms with Gasteiger partial charge in [0.05, 0.1) is 6.07 Å². The van der Waals surface area contributed by atoms with Gasteiger partial charge in [-0.1, -0.05) is 11.8 Å². The predicted molar refractivity (Wildman–Crippen MR) is 62.1 cm³/mol. The lowest BCUT2D eigenvalue weighted by molar-refractivity contribution is 0.581. The average molecular weight is 241 g/mol. The highest BCUT2D eigenvalue weighted by Crippen LogP contribution is 2.17. The normalized spacial score (nSPS) is 14.4. The first-order valence-corrected chi connectivity index (χ1v) is 5.97. The third-order valence-corrected chi connectivity index (χ3v) is 3.13. The molecule has 0 radical (unpaired) electrons. The van der Waals surface area contributed by atoms with Gasteiger partial charge in [0.15, 0.2) is 5.16 Å². The van der Waals surface area contributed by atoms with E-state index >= 15 is 0 Å². The van der Waals surface area contributed by atoms with Gasteiger partial charge in [0, 0.05) is 12.3 Å². The Hall–Kier alpha value is -1.26. The van der Waals surface area contributed by atoms with E-state index < -0.39 is 5.54 Å². The number of rotatable bonds is 5. The molecule has 16 heavy (non-hydrogen) atoms. The zero-order valence-corrected chi connectivity index (χ0v) is 10.2. The van der Waals surface area contributed by atoms with Gasteiger partial charge in [-0.3, -0.25) is 4.57 Å². The summed E-state index contributed by atoms with van der Waals surface area (Å²) >= 11 is 1.42. The van der Waals surface area contributed by atoms with Crippen molar-refractivity contribution in [3.8, 4) is 6.07 Å². The molecule has 0 saturated heterocycles. The van der Waals surface area contributed by atoms with Crippen molar-refractivity contribution >= 4 is 11.8 Å². The molecule has 0 aliphatic heterocycles. The van der Waals surface area contributed by atoms with E-state index in [-0.39, 0.29) is 5.69 Å². The van der Waals surface area contributed by atoms with Crippen molar-refractivity contribution in [1.29, 1.82) is 5.26 Å². The molecule has 0 bridgehead atoms. The van der Waals surface area contributed by atoms with E-state index in [0.717, 1.165) is 0 Å². The molecule has 0 spiro atoms. The maximum atomic E-state index is 11.2. The van der Waals surface area contributed by atoms with Crippen LogP contribution in [0, 0.1) is 11.3 Å². The first-order valence-electron chi connectivity index (χ1n) is 4.98. The van der Waals surface area contributed by atoms with E-state index in [9.17, 15) is 4.79 Å². The van der Waals surface area contributed by atoms with Gasteiger partial charge in [-0.25, -0.2) is 9.89 Å². The molecule has 1 heterocycles. The van der Waals surface area contributed by atoms with Gasteiger partial charge in [0.2, 0.25) is 0 Å². The fourth-order valence-corrected chi connectivity index (χ4v) is 2.29. The summed E-state index contributed by atoms with van der Waals surface area (Å²) in [6, 6.07) is 2.03. The number of nitriles is 1. The third kappa shape index (κ3) is 3.12. The van der Waals surface area contributed by atoms with E-state index in [1.54, 1.807) is 11.5 Å². The summed E-state index contributed by atoms with van der Waals surface area (Å²) in [7, 11) is 0. The number of nitrogens with one attached hydrogen (secondary N) is 1. The fourth-order valence-electron chi connectivity index (χ4n) is 1.10. The smallest absolute Gasteiger partial charge is 0.314 e. The Morgan fingerprint density at radius 2 is 2.44 bits per heavy atom. The minimum Gasteiger partial charge on any atom is -0.314 e. The number of nitrogens with zero attached hydrogens (tertiary/aromatic N) is 3. The number of aromatic nitrogens is 3. The number of thioether (sulfide) groups is 1. The van der Waals surface area contributed by atoms with Crippen molar-refractivity contribution in [1.82, 2.24) is 14.8 Å². The predicted octanol–water partition coefficient (Wildman–Crippen LogP) is 0.314. The number of aromatic amines is 1. The largest absolute Gasteiger partial charge is 0.343 e. The second kappa shape index (κ2) is 5.18. The van der Waals surface area contributed by atoms with E-state index in [1.165, 1.54) is 11.8 Å². The molecule has 0 aliphatic rings. The molecular weight excluding hydrogens is 226 g/mol. The van der Waals surface area contributed by atoms with Crippen molar-refractivity contribution in [2.75, 3.05) is 5.75 Å². The summed E-state index contributed by atoms with van der Waals surface area (Å²) in [5, 5.41) is 15.7. The fraction of sp³-hybridized carbons (Fsp3) is 0.667. The summed E-state index contributed by atoms with van der Waals surface area (Å²) in [5.41, 5.74) is 4.66. The van der Waals surface area contributed by atoms with E-state index in [2.05, 4.69) is 10.2 Å². The van der Waals surface area contributed by atoms with Gasteiger partial charge in [0.1, 0.15) is 5.54 Å².